The van der Waals surface area contributed by atoms with Crippen LogP contribution in [0.5, 0.6) is 5.75 Å². The first-order chi connectivity index (χ1) is 15.0. The van der Waals surface area contributed by atoms with Crippen LogP contribution in [0.1, 0.15) is 78.8 Å². The van der Waals surface area contributed by atoms with Gasteiger partial charge in [0.1, 0.15) is 11.4 Å². The zero-order chi connectivity index (χ0) is 23.2. The number of benzene rings is 1. The van der Waals surface area contributed by atoms with Gasteiger partial charge < -0.3 is 26.2 Å². The van der Waals surface area contributed by atoms with Crippen molar-refractivity contribution in [3.05, 3.63) is 28.3 Å². The molecule has 2 aliphatic carbocycles. The van der Waals surface area contributed by atoms with E-state index in [4.69, 9.17) is 10.5 Å². The molecule has 1 aromatic carbocycles. The SMILES string of the molecule is CN[C@@H]1C[C@@]23Oc4c(cc(C(N)=O)c5c4CNC5=O)C[C@]2(C)[C@@H](C)CC[C@H]3C(C)(C)[C@H]1O. The Bertz CT molecular complexity index is 1020. The molecule has 1 spiro atoms. The highest BCUT2D eigenvalue weighted by Gasteiger charge is 2.69. The van der Waals surface area contributed by atoms with Crippen LogP contribution in [0, 0.1) is 22.7 Å². The molecule has 174 valence electrons. The number of carbonyl (C=O) groups excluding carboxylic acids is 2. The van der Waals surface area contributed by atoms with E-state index < -0.39 is 17.6 Å². The van der Waals surface area contributed by atoms with Gasteiger partial charge in [-0.25, -0.2) is 0 Å². The number of primary amides is 1. The van der Waals surface area contributed by atoms with Crippen molar-refractivity contribution in [2.24, 2.45) is 28.4 Å². The molecule has 0 radical (unpaired) electrons. The van der Waals surface area contributed by atoms with Crippen molar-refractivity contribution in [2.45, 2.75) is 77.7 Å². The lowest BCUT2D eigenvalue weighted by molar-refractivity contribution is -0.241. The monoisotopic (exact) mass is 441 g/mol. The summed E-state index contributed by atoms with van der Waals surface area (Å²) in [4.78, 5) is 24.8. The average molecular weight is 442 g/mol. The van der Waals surface area contributed by atoms with E-state index in [1.807, 2.05) is 7.05 Å². The van der Waals surface area contributed by atoms with Gasteiger partial charge in [0.2, 0.25) is 5.91 Å². The third-order valence-electron chi connectivity index (χ3n) is 9.66. The van der Waals surface area contributed by atoms with Gasteiger partial charge in [0, 0.05) is 35.9 Å². The molecule has 1 aromatic rings. The van der Waals surface area contributed by atoms with Gasteiger partial charge in [-0.3, -0.25) is 9.59 Å². The quantitative estimate of drug-likeness (QED) is 0.562. The van der Waals surface area contributed by atoms with Crippen LogP contribution in [0.2, 0.25) is 0 Å². The third kappa shape index (κ3) is 2.49. The zero-order valence-corrected chi connectivity index (χ0v) is 19.7. The van der Waals surface area contributed by atoms with Crippen molar-refractivity contribution in [3.8, 4) is 5.75 Å². The topological polar surface area (TPSA) is 114 Å². The van der Waals surface area contributed by atoms with E-state index in [1.54, 1.807) is 6.07 Å². The summed E-state index contributed by atoms with van der Waals surface area (Å²) < 4.78 is 7.15. The third-order valence-corrected chi connectivity index (χ3v) is 9.66. The molecule has 6 atom stereocenters. The molecule has 5 N–H and O–H groups in total. The van der Waals surface area contributed by atoms with Gasteiger partial charge in [-0.15, -0.1) is 0 Å². The van der Waals surface area contributed by atoms with Gasteiger partial charge in [0.25, 0.3) is 5.91 Å². The van der Waals surface area contributed by atoms with Crippen LogP contribution in [0.25, 0.3) is 0 Å². The molecule has 32 heavy (non-hydrogen) atoms. The number of aliphatic hydroxyl groups excluding tert-OH is 1. The smallest absolute Gasteiger partial charge is 0.252 e. The predicted octanol–water partition coefficient (Wildman–Crippen LogP) is 2.13. The summed E-state index contributed by atoms with van der Waals surface area (Å²) in [7, 11) is 1.90. The van der Waals surface area contributed by atoms with E-state index in [0.717, 1.165) is 36.1 Å². The van der Waals surface area contributed by atoms with E-state index in [9.17, 15) is 14.7 Å². The molecule has 2 aliphatic heterocycles. The number of nitrogens with two attached hydrogens (primary N) is 1. The highest BCUT2D eigenvalue weighted by Crippen LogP contribution is 2.66. The minimum absolute atomic E-state index is 0.0925. The highest BCUT2D eigenvalue weighted by atomic mass is 16.5. The number of nitrogens with one attached hydrogen (secondary N) is 2. The predicted molar refractivity (Wildman–Crippen MR) is 120 cm³/mol. The number of hydrogen-bond donors (Lipinski definition) is 4. The molecule has 2 heterocycles. The number of hydrogen-bond acceptors (Lipinski definition) is 5. The molecule has 0 unspecified atom stereocenters. The maximum atomic E-state index is 12.6. The average Bonchev–Trinajstić information content (AvgIpc) is 3.11. The van der Waals surface area contributed by atoms with Crippen LogP contribution in [0.3, 0.4) is 0 Å². The molecule has 7 nitrogen and oxygen atoms in total. The number of likely N-dealkylation sites (N-methyl/N-ethyl adjacent to an activating group) is 1. The summed E-state index contributed by atoms with van der Waals surface area (Å²) >= 11 is 0. The van der Waals surface area contributed by atoms with Gasteiger partial charge in [-0.1, -0.05) is 27.7 Å². The number of carbonyl (C=O) groups is 2. The zero-order valence-electron chi connectivity index (χ0n) is 19.7. The second kappa shape index (κ2) is 6.70. The molecule has 0 bridgehead atoms. The molecule has 2 saturated carbocycles. The Morgan fingerprint density at radius 2 is 2.03 bits per heavy atom. The highest BCUT2D eigenvalue weighted by molar-refractivity contribution is 6.10. The van der Waals surface area contributed by atoms with Gasteiger partial charge in [-0.05, 0) is 49.3 Å². The van der Waals surface area contributed by atoms with Gasteiger partial charge >= 0.3 is 0 Å². The van der Waals surface area contributed by atoms with E-state index in [0.29, 0.717) is 24.4 Å². The first-order valence-corrected chi connectivity index (χ1v) is 11.8. The van der Waals surface area contributed by atoms with Crippen LogP contribution in [0.4, 0.5) is 0 Å². The number of rotatable bonds is 2. The summed E-state index contributed by atoms with van der Waals surface area (Å²) in [5, 5.41) is 17.4. The fourth-order valence-electron chi connectivity index (χ4n) is 7.61. The Morgan fingerprint density at radius 1 is 1.31 bits per heavy atom. The van der Waals surface area contributed by atoms with Crippen LogP contribution in [0.15, 0.2) is 6.07 Å². The molecule has 2 amide bonds. The number of amides is 2. The Hall–Kier alpha value is -2.12. The summed E-state index contributed by atoms with van der Waals surface area (Å²) in [5.41, 5.74) is 7.01. The second-order valence-electron chi connectivity index (χ2n) is 11.3. The van der Waals surface area contributed by atoms with E-state index in [-0.39, 0.29) is 34.3 Å². The van der Waals surface area contributed by atoms with Gasteiger partial charge in [-0.2, -0.15) is 0 Å². The minimum Gasteiger partial charge on any atom is -0.486 e. The summed E-state index contributed by atoms with van der Waals surface area (Å²) in [6.45, 7) is 9.27. The Labute approximate surface area is 189 Å². The van der Waals surface area contributed by atoms with E-state index in [1.165, 1.54) is 0 Å². The van der Waals surface area contributed by atoms with Crippen molar-refractivity contribution in [1.82, 2.24) is 10.6 Å². The van der Waals surface area contributed by atoms with Gasteiger partial charge in [0.05, 0.1) is 17.2 Å². The largest absolute Gasteiger partial charge is 0.486 e. The number of aliphatic hydroxyl groups is 1. The summed E-state index contributed by atoms with van der Waals surface area (Å²) in [6, 6.07) is 1.69. The fourth-order valence-corrected chi connectivity index (χ4v) is 7.61. The van der Waals surface area contributed by atoms with Gasteiger partial charge in [0.15, 0.2) is 0 Å². The number of ether oxygens (including phenoxy) is 1. The van der Waals surface area contributed by atoms with Crippen LogP contribution >= 0.6 is 0 Å². The van der Waals surface area contributed by atoms with E-state index in [2.05, 4.69) is 38.3 Å². The van der Waals surface area contributed by atoms with Crippen molar-refractivity contribution >= 4 is 11.8 Å². The molecule has 0 saturated heterocycles. The standard InChI is InChI=1S/C25H35N3O4/c1-12-6-7-17-23(2,3)20(29)16(27-5)10-25(17)24(12,4)9-13-8-14(21(26)30)18-15(19(13)32-25)11-28-22(18)31/h8,12,16-17,20,27,29H,6-7,9-11H2,1-5H3,(H2,26,30)(H,28,31)/t12-,16+,17-,20-,24+,25-/m0/s1. The fraction of sp³-hybridized carbons (Fsp3) is 0.680. The van der Waals surface area contributed by atoms with Crippen LogP contribution < -0.4 is 21.1 Å². The lowest BCUT2D eigenvalue weighted by Crippen LogP contribution is -2.74. The maximum Gasteiger partial charge on any atom is 0.252 e. The Kier molecular flexibility index (Phi) is 4.55. The molecular weight excluding hydrogens is 406 g/mol. The summed E-state index contributed by atoms with van der Waals surface area (Å²) in [5.74, 6) is 0.452. The number of fused-ring (bicyclic) bond motifs is 3. The second-order valence-corrected chi connectivity index (χ2v) is 11.3. The van der Waals surface area contributed by atoms with Crippen molar-refractivity contribution in [1.29, 1.82) is 0 Å². The van der Waals surface area contributed by atoms with Crippen LogP contribution in [-0.4, -0.2) is 41.7 Å². The van der Waals surface area contributed by atoms with Crippen molar-refractivity contribution in [3.63, 3.8) is 0 Å². The molecular formula is C25H35N3O4. The molecule has 2 fully saturated rings. The molecule has 4 aliphatic rings. The molecule has 0 aromatic heterocycles. The minimum atomic E-state index is -0.585. The molecule has 7 heteroatoms. The normalized spacial score (nSPS) is 39.1. The Balaban J connectivity index is 1.75. The summed E-state index contributed by atoms with van der Waals surface area (Å²) in [6.07, 6.45) is 3.04. The Morgan fingerprint density at radius 3 is 2.69 bits per heavy atom. The maximum absolute atomic E-state index is 12.6. The van der Waals surface area contributed by atoms with Crippen LogP contribution in [-0.2, 0) is 13.0 Å². The lowest BCUT2D eigenvalue weighted by Gasteiger charge is -2.68. The van der Waals surface area contributed by atoms with E-state index >= 15 is 0 Å². The lowest BCUT2D eigenvalue weighted by atomic mass is 9.43. The first kappa shape index (κ1) is 21.7. The molecule has 5 rings (SSSR count). The van der Waals surface area contributed by atoms with Crippen molar-refractivity contribution in [2.75, 3.05) is 7.05 Å². The van der Waals surface area contributed by atoms with Crippen molar-refractivity contribution < 1.29 is 19.4 Å². The first-order valence-electron chi connectivity index (χ1n) is 11.8.